The highest BCUT2D eigenvalue weighted by Crippen LogP contribution is 2.36. The summed E-state index contributed by atoms with van der Waals surface area (Å²) in [6, 6.07) is 7.82. The second-order valence-electron chi connectivity index (χ2n) is 5.80. The molecule has 0 atom stereocenters. The number of aliphatic hydroxyl groups is 1. The first-order valence-corrected chi connectivity index (χ1v) is 9.21. The van der Waals surface area contributed by atoms with Crippen LogP contribution in [-0.4, -0.2) is 39.9 Å². The molecule has 0 aliphatic carbocycles. The largest absolute Gasteiger partial charge is 0.396 e. The van der Waals surface area contributed by atoms with Crippen molar-refractivity contribution >= 4 is 29.4 Å². The van der Waals surface area contributed by atoms with Crippen LogP contribution in [0.15, 0.2) is 24.3 Å². The van der Waals surface area contributed by atoms with Gasteiger partial charge in [0.2, 0.25) is 0 Å². The maximum Gasteiger partial charge on any atom is 0.314 e. The average Bonchev–Trinajstić information content (AvgIpc) is 3.18. The van der Waals surface area contributed by atoms with Gasteiger partial charge in [0.1, 0.15) is 5.82 Å². The number of aromatic nitrogens is 2. The first kappa shape index (κ1) is 17.5. The van der Waals surface area contributed by atoms with Crippen LogP contribution in [0.1, 0.15) is 23.2 Å². The van der Waals surface area contributed by atoms with Crippen LogP contribution in [0.25, 0.3) is 5.69 Å². The van der Waals surface area contributed by atoms with Crippen molar-refractivity contribution in [1.82, 2.24) is 15.1 Å². The van der Waals surface area contributed by atoms with Crippen molar-refractivity contribution in [2.45, 2.75) is 24.9 Å². The fourth-order valence-corrected chi connectivity index (χ4v) is 3.57. The Bertz CT molecular complexity index is 786. The van der Waals surface area contributed by atoms with E-state index >= 15 is 0 Å². The topological polar surface area (TPSA) is 96.2 Å². The predicted octanol–water partition coefficient (Wildman–Crippen LogP) is 1.36. The monoisotopic (exact) mass is 360 g/mol. The summed E-state index contributed by atoms with van der Waals surface area (Å²) >= 11 is 1.73. The molecule has 0 radical (unpaired) electrons. The van der Waals surface area contributed by atoms with E-state index in [4.69, 9.17) is 5.11 Å². The van der Waals surface area contributed by atoms with Crippen LogP contribution in [0.4, 0.5) is 5.82 Å². The van der Waals surface area contributed by atoms with Gasteiger partial charge in [-0.25, -0.2) is 4.68 Å². The Kier molecular flexibility index (Phi) is 5.40. The molecule has 1 aliphatic heterocycles. The lowest BCUT2D eigenvalue weighted by atomic mass is 10.2. The lowest BCUT2D eigenvalue weighted by Crippen LogP contribution is -2.36. The molecule has 0 saturated heterocycles. The molecule has 0 spiro atoms. The maximum atomic E-state index is 12.2. The second-order valence-corrected chi connectivity index (χ2v) is 6.79. The molecule has 0 unspecified atom stereocenters. The van der Waals surface area contributed by atoms with Gasteiger partial charge in [0.05, 0.1) is 11.4 Å². The van der Waals surface area contributed by atoms with E-state index in [9.17, 15) is 9.59 Å². The summed E-state index contributed by atoms with van der Waals surface area (Å²) < 4.78 is 1.68. The third-order valence-corrected chi connectivity index (χ3v) is 4.86. The number of rotatable bonds is 5. The van der Waals surface area contributed by atoms with E-state index in [2.05, 4.69) is 15.7 Å². The van der Waals surface area contributed by atoms with Gasteiger partial charge in [-0.2, -0.15) is 16.9 Å². The number of benzene rings is 1. The number of carbonyl (C=O) groups excluding carboxylic acids is 2. The standard InChI is InChI=1S/C17H20N4O3S/c1-11-3-5-12(6-4-11)21-15(13-9-25-10-14(13)20-21)19-17(24)16(23)18-7-2-8-22/h3-6,22H,2,7-10H2,1H3,(H,18,23)(H,19,24). The van der Waals surface area contributed by atoms with Crippen LogP contribution in [0.3, 0.4) is 0 Å². The Morgan fingerprint density at radius 3 is 2.72 bits per heavy atom. The Morgan fingerprint density at radius 2 is 2.00 bits per heavy atom. The summed E-state index contributed by atoms with van der Waals surface area (Å²) in [5, 5.41) is 18.5. The molecule has 2 amide bonds. The summed E-state index contributed by atoms with van der Waals surface area (Å²) in [4.78, 5) is 24.1. The minimum Gasteiger partial charge on any atom is -0.396 e. The fraction of sp³-hybridized carbons (Fsp3) is 0.353. The molecular formula is C17H20N4O3S. The fourth-order valence-electron chi connectivity index (χ4n) is 2.54. The van der Waals surface area contributed by atoms with E-state index in [1.807, 2.05) is 31.2 Å². The first-order chi connectivity index (χ1) is 12.1. The van der Waals surface area contributed by atoms with E-state index < -0.39 is 11.8 Å². The lowest BCUT2D eigenvalue weighted by molar-refractivity contribution is -0.136. The molecule has 1 aromatic heterocycles. The molecule has 0 bridgehead atoms. The number of hydrogen-bond acceptors (Lipinski definition) is 5. The number of nitrogens with one attached hydrogen (secondary N) is 2. The van der Waals surface area contributed by atoms with Crippen molar-refractivity contribution in [1.29, 1.82) is 0 Å². The van der Waals surface area contributed by atoms with Gasteiger partial charge < -0.3 is 15.7 Å². The highest BCUT2D eigenvalue weighted by atomic mass is 32.2. The molecule has 0 saturated carbocycles. The number of fused-ring (bicyclic) bond motifs is 1. The van der Waals surface area contributed by atoms with Gasteiger partial charge >= 0.3 is 11.8 Å². The quantitative estimate of drug-likeness (QED) is 0.553. The smallest absolute Gasteiger partial charge is 0.314 e. The third-order valence-electron chi connectivity index (χ3n) is 3.89. The Balaban J connectivity index is 1.84. The summed E-state index contributed by atoms with van der Waals surface area (Å²) in [6.45, 7) is 2.23. The van der Waals surface area contributed by atoms with Crippen LogP contribution < -0.4 is 10.6 Å². The molecule has 3 rings (SSSR count). The molecule has 7 nitrogen and oxygen atoms in total. The molecular weight excluding hydrogens is 340 g/mol. The summed E-state index contributed by atoms with van der Waals surface area (Å²) in [7, 11) is 0. The molecule has 2 aromatic rings. The van der Waals surface area contributed by atoms with Crippen LogP contribution in [0, 0.1) is 6.92 Å². The van der Waals surface area contributed by atoms with Crippen LogP contribution >= 0.6 is 11.8 Å². The van der Waals surface area contributed by atoms with Gasteiger partial charge in [-0.15, -0.1) is 0 Å². The van der Waals surface area contributed by atoms with E-state index in [-0.39, 0.29) is 13.2 Å². The number of thioether (sulfide) groups is 1. The van der Waals surface area contributed by atoms with Gasteiger partial charge in [0, 0.05) is 30.2 Å². The number of aryl methyl sites for hydroxylation is 1. The number of anilines is 1. The van der Waals surface area contributed by atoms with Crippen molar-refractivity contribution < 1.29 is 14.7 Å². The second kappa shape index (κ2) is 7.71. The van der Waals surface area contributed by atoms with E-state index in [1.165, 1.54) is 0 Å². The molecule has 25 heavy (non-hydrogen) atoms. The zero-order chi connectivity index (χ0) is 17.8. The first-order valence-electron chi connectivity index (χ1n) is 8.05. The van der Waals surface area contributed by atoms with Gasteiger partial charge in [-0.3, -0.25) is 9.59 Å². The van der Waals surface area contributed by atoms with Gasteiger partial charge in [-0.05, 0) is 25.5 Å². The number of carbonyl (C=O) groups is 2. The van der Waals surface area contributed by atoms with Gasteiger partial charge in [0.15, 0.2) is 0 Å². The molecule has 132 valence electrons. The summed E-state index contributed by atoms with van der Waals surface area (Å²) in [6.07, 6.45) is 0.409. The SMILES string of the molecule is Cc1ccc(-n2nc3c(c2NC(=O)C(=O)NCCCO)CSC3)cc1. The average molecular weight is 360 g/mol. The van der Waals surface area contributed by atoms with Crippen LogP contribution in [-0.2, 0) is 21.1 Å². The van der Waals surface area contributed by atoms with E-state index in [0.29, 0.717) is 12.2 Å². The van der Waals surface area contributed by atoms with Crippen molar-refractivity contribution in [3.8, 4) is 5.69 Å². The van der Waals surface area contributed by atoms with Crippen molar-refractivity contribution in [3.63, 3.8) is 0 Å². The molecule has 3 N–H and O–H groups in total. The minimum atomic E-state index is -0.731. The number of nitrogens with zero attached hydrogens (tertiary/aromatic N) is 2. The highest BCUT2D eigenvalue weighted by Gasteiger charge is 2.26. The normalized spacial score (nSPS) is 12.7. The van der Waals surface area contributed by atoms with Crippen molar-refractivity contribution in [2.75, 3.05) is 18.5 Å². The zero-order valence-electron chi connectivity index (χ0n) is 13.9. The van der Waals surface area contributed by atoms with Crippen LogP contribution in [0.2, 0.25) is 0 Å². The number of hydrogen-bond donors (Lipinski definition) is 3. The minimum absolute atomic E-state index is 0.0349. The lowest BCUT2D eigenvalue weighted by Gasteiger charge is -2.11. The Hall–Kier alpha value is -2.32. The van der Waals surface area contributed by atoms with Crippen molar-refractivity contribution in [2.24, 2.45) is 0 Å². The Morgan fingerprint density at radius 1 is 1.24 bits per heavy atom. The molecule has 2 heterocycles. The summed E-state index contributed by atoms with van der Waals surface area (Å²) in [5.41, 5.74) is 3.86. The molecule has 1 aromatic carbocycles. The Labute approximate surface area is 149 Å². The maximum absolute atomic E-state index is 12.2. The number of aliphatic hydroxyl groups excluding tert-OH is 1. The molecule has 1 aliphatic rings. The van der Waals surface area contributed by atoms with Crippen molar-refractivity contribution in [3.05, 3.63) is 41.1 Å². The molecule has 0 fully saturated rings. The predicted molar refractivity (Wildman–Crippen MR) is 96.6 cm³/mol. The molecule has 8 heteroatoms. The van der Waals surface area contributed by atoms with Gasteiger partial charge in [0.25, 0.3) is 0 Å². The van der Waals surface area contributed by atoms with E-state index in [1.54, 1.807) is 16.4 Å². The summed E-state index contributed by atoms with van der Waals surface area (Å²) in [5.74, 6) is 0.643. The van der Waals surface area contributed by atoms with E-state index in [0.717, 1.165) is 34.0 Å². The number of amides is 2. The third kappa shape index (κ3) is 3.85. The zero-order valence-corrected chi connectivity index (χ0v) is 14.7. The highest BCUT2D eigenvalue weighted by molar-refractivity contribution is 7.98. The van der Waals surface area contributed by atoms with Crippen LogP contribution in [0.5, 0.6) is 0 Å². The van der Waals surface area contributed by atoms with Gasteiger partial charge in [-0.1, -0.05) is 17.7 Å².